The van der Waals surface area contributed by atoms with E-state index in [1.165, 1.54) is 64.2 Å². The molecule has 0 N–H and O–H groups in total. The zero-order chi connectivity index (χ0) is 51.1. The van der Waals surface area contributed by atoms with Crippen LogP contribution in [0, 0.1) is 107 Å². The van der Waals surface area contributed by atoms with Crippen LogP contribution >= 0.6 is 0 Å². The lowest BCUT2D eigenvalue weighted by Gasteiger charge is -2.36. The molecule has 0 radical (unpaired) electrons. The third kappa shape index (κ3) is 10.7. The van der Waals surface area contributed by atoms with Crippen molar-refractivity contribution in [1.82, 2.24) is 0 Å². The first-order chi connectivity index (χ1) is 34.0. The first-order valence-electron chi connectivity index (χ1n) is 30.1. The lowest BCUT2D eigenvalue weighted by atomic mass is 9.70. The highest BCUT2D eigenvalue weighted by Crippen LogP contribution is 2.67. The van der Waals surface area contributed by atoms with Crippen LogP contribution in [0.2, 0.25) is 0 Å². The summed E-state index contributed by atoms with van der Waals surface area (Å²) in [5.74, 6) is 11.3. The van der Waals surface area contributed by atoms with Crippen molar-refractivity contribution in [3.8, 4) is 0 Å². The van der Waals surface area contributed by atoms with Gasteiger partial charge in [0.15, 0.2) is 0 Å². The van der Waals surface area contributed by atoms with Gasteiger partial charge < -0.3 is 28.4 Å². The number of hydrogen-bond acceptors (Lipinski definition) is 10. The topological polar surface area (TPSA) is 124 Å². The molecule has 7 aliphatic carbocycles. The predicted molar refractivity (Wildman–Crippen MR) is 276 cm³/mol. The molecule has 0 aromatic heterocycles. The van der Waals surface area contributed by atoms with Crippen LogP contribution in [-0.4, -0.2) is 72.7 Å². The van der Waals surface area contributed by atoms with Crippen LogP contribution in [-0.2, 0) is 47.6 Å². The van der Waals surface area contributed by atoms with E-state index in [2.05, 4.69) is 69.2 Å². The van der Waals surface area contributed by atoms with E-state index in [-0.39, 0.29) is 83.2 Å². The van der Waals surface area contributed by atoms with E-state index < -0.39 is 0 Å². The minimum absolute atomic E-state index is 0.0231. The maximum atomic E-state index is 12.9. The van der Waals surface area contributed by atoms with Gasteiger partial charge in [0, 0.05) is 11.8 Å². The number of rotatable bonds is 13. The fraction of sp³-hybridized carbons (Fsp3) is 0.934. The average Bonchev–Trinajstić information content (AvgIpc) is 4.21. The smallest absolute Gasteiger partial charge is 0.312 e. The van der Waals surface area contributed by atoms with E-state index in [4.69, 9.17) is 28.4 Å². The van der Waals surface area contributed by atoms with Crippen molar-refractivity contribution >= 4 is 23.9 Å². The molecular weight excluding hydrogens is 893 g/mol. The molecular formula is C61H100O10. The van der Waals surface area contributed by atoms with Crippen molar-refractivity contribution in [3.63, 3.8) is 0 Å². The second-order valence-electron chi connectivity index (χ2n) is 25.8. The molecule has 22 unspecified atom stereocenters. The van der Waals surface area contributed by atoms with Gasteiger partial charge >= 0.3 is 23.9 Å². The largest absolute Gasteiger partial charge is 0.465 e. The van der Waals surface area contributed by atoms with Gasteiger partial charge in [0.1, 0.15) is 11.2 Å². The molecule has 71 heavy (non-hydrogen) atoms. The lowest BCUT2D eigenvalue weighted by Crippen LogP contribution is -2.38. The lowest BCUT2D eigenvalue weighted by molar-refractivity contribution is -0.166. The second-order valence-corrected chi connectivity index (χ2v) is 25.8. The number of fused-ring (bicyclic) bond motifs is 12. The normalized spacial score (nSPS) is 44.6. The molecule has 22 atom stereocenters. The molecule has 11 fully saturated rings. The molecule has 0 aromatic rings. The Bertz CT molecular complexity index is 1780. The van der Waals surface area contributed by atoms with Crippen LogP contribution in [0.25, 0.3) is 0 Å². The Kier molecular flexibility index (Phi) is 17.8. The molecule has 10 nitrogen and oxygen atoms in total. The molecule has 0 amide bonds. The molecule has 7 saturated carbocycles. The van der Waals surface area contributed by atoms with Crippen molar-refractivity contribution < 1.29 is 47.6 Å². The highest BCUT2D eigenvalue weighted by atomic mass is 16.6. The van der Waals surface area contributed by atoms with Gasteiger partial charge in [-0.1, -0.05) is 88.0 Å². The third-order valence-corrected chi connectivity index (χ3v) is 22.0. The average molecular weight is 993 g/mol. The van der Waals surface area contributed by atoms with Gasteiger partial charge in [-0.25, -0.2) is 0 Å². The standard InChI is InChI=1S/C21H34O2.C20H34O2.2C10H16O3/c1-4-13-10-14(5-2)19-16-11-15(18(13)19)12-17(16)20(22)23-21(3)8-6-7-9-21;1-6-12-9-13(7-2)18-15-10-14(17(12)18)11-16(15)19(21)22-20(4,5)8-3;2*1-3-7-6-5-12-10(11)9(6)8(4-2)13-7/h13-19H,4-12H2,1-3H3;12-18H,6-11H2,1-5H3;2*6-9H,3-5H2,1-2H3. The SMILES string of the molecule is CCC1CC(CC)C2C3CC(CC3C(=O)OC(C)(C)CC)C12.CCC1CC(CC)C2C3CC(CC3C(=O)OC3(C)CCCC3)C12.CCC1OC(CC)C2C(=O)OCC12.CCC1OC(CC)C2C(=O)OCC12. The van der Waals surface area contributed by atoms with Crippen LogP contribution in [0.15, 0.2) is 0 Å². The summed E-state index contributed by atoms with van der Waals surface area (Å²) < 4.78 is 33.6. The Hall–Kier alpha value is -2.20. The zero-order valence-electron chi connectivity index (χ0n) is 46.6. The van der Waals surface area contributed by atoms with E-state index in [0.717, 1.165) is 117 Å². The number of carbonyl (C=O) groups excluding carboxylic acids is 4. The summed E-state index contributed by atoms with van der Waals surface area (Å²) in [5, 5.41) is 0. The van der Waals surface area contributed by atoms with Crippen LogP contribution in [0.1, 0.15) is 205 Å². The fourth-order valence-corrected chi connectivity index (χ4v) is 18.3. The van der Waals surface area contributed by atoms with Crippen molar-refractivity contribution in [2.75, 3.05) is 13.2 Å². The van der Waals surface area contributed by atoms with Crippen LogP contribution in [0.5, 0.6) is 0 Å². The van der Waals surface area contributed by atoms with Gasteiger partial charge in [-0.2, -0.15) is 0 Å². The number of cyclic esters (lactones) is 2. The van der Waals surface area contributed by atoms with Crippen molar-refractivity contribution in [2.24, 2.45) is 107 Å². The molecule has 404 valence electrons. The number of esters is 4. The van der Waals surface area contributed by atoms with E-state index in [1.807, 2.05) is 13.8 Å². The molecule has 10 heteroatoms. The van der Waals surface area contributed by atoms with Gasteiger partial charge in [-0.3, -0.25) is 19.2 Å². The maximum absolute atomic E-state index is 12.9. The predicted octanol–water partition coefficient (Wildman–Crippen LogP) is 13.0. The minimum atomic E-state index is -0.301. The van der Waals surface area contributed by atoms with Crippen molar-refractivity contribution in [1.29, 1.82) is 0 Å². The molecule has 11 aliphatic rings. The number of ether oxygens (including phenoxy) is 6. The molecule has 11 rings (SSSR count). The number of carbonyl (C=O) groups is 4. The highest BCUT2D eigenvalue weighted by Gasteiger charge is 2.63. The van der Waals surface area contributed by atoms with E-state index >= 15 is 0 Å². The van der Waals surface area contributed by atoms with E-state index in [1.54, 1.807) is 0 Å². The molecule has 4 saturated heterocycles. The summed E-state index contributed by atoms with van der Waals surface area (Å²) in [6.07, 6.45) is 22.9. The Labute approximate surface area is 430 Å². The highest BCUT2D eigenvalue weighted by molar-refractivity contribution is 5.77. The van der Waals surface area contributed by atoms with Gasteiger partial charge in [0.05, 0.1) is 61.3 Å². The minimum Gasteiger partial charge on any atom is -0.465 e. The summed E-state index contributed by atoms with van der Waals surface area (Å²) in [4.78, 5) is 48.4. The Morgan fingerprint density at radius 3 is 1.30 bits per heavy atom. The van der Waals surface area contributed by atoms with Gasteiger partial charge in [-0.05, 0) is 188 Å². The first kappa shape index (κ1) is 55.0. The molecule has 0 aromatic carbocycles. The van der Waals surface area contributed by atoms with Gasteiger partial charge in [0.2, 0.25) is 0 Å². The summed E-state index contributed by atoms with van der Waals surface area (Å²) in [6.45, 7) is 27.2. The van der Waals surface area contributed by atoms with Crippen LogP contribution in [0.4, 0.5) is 0 Å². The monoisotopic (exact) mass is 993 g/mol. The Morgan fingerprint density at radius 2 is 0.915 bits per heavy atom. The van der Waals surface area contributed by atoms with Crippen molar-refractivity contribution in [3.05, 3.63) is 0 Å². The van der Waals surface area contributed by atoms with Gasteiger partial charge in [0.25, 0.3) is 0 Å². The molecule has 4 bridgehead atoms. The first-order valence-corrected chi connectivity index (χ1v) is 30.1. The second kappa shape index (κ2) is 23.0. The fourth-order valence-electron chi connectivity index (χ4n) is 18.3. The Morgan fingerprint density at radius 1 is 0.521 bits per heavy atom. The summed E-state index contributed by atoms with van der Waals surface area (Å²) in [6, 6.07) is 0. The summed E-state index contributed by atoms with van der Waals surface area (Å²) in [5.41, 5.74) is -0.450. The molecule has 0 spiro atoms. The molecule has 4 heterocycles. The van der Waals surface area contributed by atoms with Crippen LogP contribution < -0.4 is 0 Å². The quantitative estimate of drug-likeness (QED) is 0.130. The van der Waals surface area contributed by atoms with E-state index in [9.17, 15) is 19.2 Å². The molecule has 4 aliphatic heterocycles. The van der Waals surface area contributed by atoms with E-state index in [0.29, 0.717) is 36.9 Å². The third-order valence-electron chi connectivity index (χ3n) is 22.0. The van der Waals surface area contributed by atoms with Gasteiger partial charge in [-0.15, -0.1) is 0 Å². The summed E-state index contributed by atoms with van der Waals surface area (Å²) in [7, 11) is 0. The number of hydrogen-bond donors (Lipinski definition) is 0. The zero-order valence-corrected chi connectivity index (χ0v) is 46.6. The van der Waals surface area contributed by atoms with Crippen LogP contribution in [0.3, 0.4) is 0 Å². The summed E-state index contributed by atoms with van der Waals surface area (Å²) >= 11 is 0. The Balaban J connectivity index is 0.000000131. The maximum Gasteiger partial charge on any atom is 0.312 e. The van der Waals surface area contributed by atoms with Crippen molar-refractivity contribution in [2.45, 2.75) is 241 Å².